The van der Waals surface area contributed by atoms with Crippen molar-refractivity contribution in [2.45, 2.75) is 32.2 Å². The van der Waals surface area contributed by atoms with Crippen molar-refractivity contribution < 1.29 is 9.21 Å². The summed E-state index contributed by atoms with van der Waals surface area (Å²) >= 11 is 18.4. The molecule has 140 valence electrons. The SMILES string of the molecule is C[C@H]1CCCCN1C(=O)c1ccc2oc(-c3cc(Cl)cc(Cl)c3Cl)nc2c1. The van der Waals surface area contributed by atoms with Gasteiger partial charge in [-0.2, -0.15) is 0 Å². The van der Waals surface area contributed by atoms with E-state index in [1.165, 1.54) is 6.42 Å². The number of halogens is 3. The van der Waals surface area contributed by atoms with Crippen molar-refractivity contribution in [1.82, 2.24) is 9.88 Å². The number of carbonyl (C=O) groups is 1. The van der Waals surface area contributed by atoms with E-state index in [1.807, 2.05) is 4.90 Å². The van der Waals surface area contributed by atoms with Gasteiger partial charge in [0.1, 0.15) is 5.52 Å². The van der Waals surface area contributed by atoms with Crippen LogP contribution in [0.5, 0.6) is 0 Å². The minimum Gasteiger partial charge on any atom is -0.436 e. The Balaban J connectivity index is 1.71. The van der Waals surface area contributed by atoms with Gasteiger partial charge in [-0.05, 0) is 56.5 Å². The third kappa shape index (κ3) is 3.54. The number of oxazole rings is 1. The molecule has 1 aromatic heterocycles. The smallest absolute Gasteiger partial charge is 0.254 e. The molecule has 4 nitrogen and oxygen atoms in total. The van der Waals surface area contributed by atoms with Crippen LogP contribution in [-0.4, -0.2) is 28.4 Å². The molecule has 0 aliphatic carbocycles. The number of hydrogen-bond acceptors (Lipinski definition) is 3. The molecule has 7 heteroatoms. The average Bonchev–Trinajstić information content (AvgIpc) is 3.07. The Morgan fingerprint density at radius 3 is 2.78 bits per heavy atom. The molecule has 1 fully saturated rings. The number of fused-ring (bicyclic) bond motifs is 1. The molecule has 1 aliphatic rings. The van der Waals surface area contributed by atoms with Crippen molar-refractivity contribution in [3.05, 3.63) is 51.0 Å². The summed E-state index contributed by atoms with van der Waals surface area (Å²) < 4.78 is 5.81. The van der Waals surface area contributed by atoms with Gasteiger partial charge in [0.25, 0.3) is 5.91 Å². The fraction of sp³-hybridized carbons (Fsp3) is 0.300. The van der Waals surface area contributed by atoms with Gasteiger partial charge in [-0.15, -0.1) is 0 Å². The molecular weight excluding hydrogens is 407 g/mol. The molecule has 1 aliphatic heterocycles. The zero-order valence-electron chi connectivity index (χ0n) is 14.6. The topological polar surface area (TPSA) is 46.3 Å². The first-order valence-electron chi connectivity index (χ1n) is 8.80. The van der Waals surface area contributed by atoms with Crippen LogP contribution >= 0.6 is 34.8 Å². The maximum Gasteiger partial charge on any atom is 0.254 e. The molecule has 0 saturated carbocycles. The lowest BCUT2D eigenvalue weighted by molar-refractivity contribution is 0.0636. The quantitative estimate of drug-likeness (QED) is 0.444. The van der Waals surface area contributed by atoms with Crippen LogP contribution < -0.4 is 0 Å². The molecule has 0 N–H and O–H groups in total. The van der Waals surface area contributed by atoms with Crippen LogP contribution in [0.15, 0.2) is 34.7 Å². The average molecular weight is 424 g/mol. The molecule has 1 saturated heterocycles. The van der Waals surface area contributed by atoms with E-state index in [4.69, 9.17) is 39.2 Å². The summed E-state index contributed by atoms with van der Waals surface area (Å²) in [6.07, 6.45) is 3.25. The molecule has 4 rings (SSSR count). The number of likely N-dealkylation sites (tertiary alicyclic amines) is 1. The second-order valence-corrected chi connectivity index (χ2v) is 8.02. The molecule has 2 heterocycles. The molecular formula is C20H17Cl3N2O2. The number of rotatable bonds is 2. The molecule has 27 heavy (non-hydrogen) atoms. The number of benzene rings is 2. The van der Waals surface area contributed by atoms with Gasteiger partial charge in [0, 0.05) is 23.2 Å². The van der Waals surface area contributed by atoms with Crippen molar-refractivity contribution in [2.24, 2.45) is 0 Å². The van der Waals surface area contributed by atoms with Gasteiger partial charge in [0.05, 0.1) is 15.6 Å². The van der Waals surface area contributed by atoms with Crippen LogP contribution in [-0.2, 0) is 0 Å². The maximum atomic E-state index is 12.9. The van der Waals surface area contributed by atoms with Crippen LogP contribution in [0.4, 0.5) is 0 Å². The monoisotopic (exact) mass is 422 g/mol. The van der Waals surface area contributed by atoms with Crippen molar-refractivity contribution >= 4 is 51.8 Å². The van der Waals surface area contributed by atoms with Gasteiger partial charge in [-0.25, -0.2) is 4.98 Å². The van der Waals surface area contributed by atoms with E-state index in [2.05, 4.69) is 11.9 Å². The Kier molecular flexibility index (Phi) is 5.06. The Morgan fingerprint density at radius 2 is 2.00 bits per heavy atom. The minimum atomic E-state index is 0.0254. The van der Waals surface area contributed by atoms with Gasteiger partial charge in [0.2, 0.25) is 5.89 Å². The number of amides is 1. The number of nitrogens with zero attached hydrogens (tertiary/aromatic N) is 2. The number of carbonyl (C=O) groups excluding carboxylic acids is 1. The lowest BCUT2D eigenvalue weighted by Crippen LogP contribution is -2.42. The summed E-state index contributed by atoms with van der Waals surface area (Å²) in [5, 5.41) is 1.10. The third-order valence-corrected chi connectivity index (χ3v) is 5.94. The molecule has 0 unspecified atom stereocenters. The first-order chi connectivity index (χ1) is 12.9. The van der Waals surface area contributed by atoms with E-state index in [1.54, 1.807) is 30.3 Å². The predicted molar refractivity (Wildman–Crippen MR) is 109 cm³/mol. The van der Waals surface area contributed by atoms with Crippen molar-refractivity contribution in [3.63, 3.8) is 0 Å². The maximum absolute atomic E-state index is 12.9. The Hall–Kier alpha value is -1.75. The Morgan fingerprint density at radius 1 is 1.19 bits per heavy atom. The second-order valence-electron chi connectivity index (χ2n) is 6.79. The molecule has 0 bridgehead atoms. The van der Waals surface area contributed by atoms with E-state index in [9.17, 15) is 4.79 Å². The minimum absolute atomic E-state index is 0.0254. The predicted octanol–water partition coefficient (Wildman–Crippen LogP) is 6.47. The van der Waals surface area contributed by atoms with E-state index in [0.29, 0.717) is 43.2 Å². The summed E-state index contributed by atoms with van der Waals surface area (Å²) in [7, 11) is 0. The standard InChI is InChI=1S/C20H17Cl3N2O2/c1-11-4-2-3-7-25(11)20(26)12-5-6-17-16(8-12)24-19(27-17)14-9-13(21)10-15(22)18(14)23/h5-6,8-11H,2-4,7H2,1H3/t11-/m0/s1. The lowest BCUT2D eigenvalue weighted by atomic mass is 10.0. The molecule has 1 amide bonds. The van der Waals surface area contributed by atoms with Crippen molar-refractivity contribution in [2.75, 3.05) is 6.54 Å². The van der Waals surface area contributed by atoms with Crippen LogP contribution in [0.25, 0.3) is 22.6 Å². The summed E-state index contributed by atoms with van der Waals surface area (Å²) in [5.74, 6) is 0.341. The summed E-state index contributed by atoms with van der Waals surface area (Å²) in [5.41, 5.74) is 2.28. The highest BCUT2D eigenvalue weighted by Crippen LogP contribution is 2.37. The fourth-order valence-corrected chi connectivity index (χ4v) is 4.14. The summed E-state index contributed by atoms with van der Waals surface area (Å²) in [6, 6.07) is 8.76. The van der Waals surface area contributed by atoms with Crippen molar-refractivity contribution in [3.8, 4) is 11.5 Å². The van der Waals surface area contributed by atoms with Gasteiger partial charge < -0.3 is 9.32 Å². The number of hydrogen-bond donors (Lipinski definition) is 0. The zero-order valence-corrected chi connectivity index (χ0v) is 16.9. The Bertz CT molecular complexity index is 1030. The largest absolute Gasteiger partial charge is 0.436 e. The van der Waals surface area contributed by atoms with E-state index in [0.717, 1.165) is 19.4 Å². The first kappa shape index (κ1) is 18.6. The molecule has 0 radical (unpaired) electrons. The van der Waals surface area contributed by atoms with Crippen molar-refractivity contribution in [1.29, 1.82) is 0 Å². The van der Waals surface area contributed by atoms with Gasteiger partial charge in [-0.1, -0.05) is 34.8 Å². The number of aromatic nitrogens is 1. The highest BCUT2D eigenvalue weighted by Gasteiger charge is 2.25. The van der Waals surface area contributed by atoms with Gasteiger partial charge in [0.15, 0.2) is 5.58 Å². The van der Waals surface area contributed by atoms with Crippen LogP contribution in [0, 0.1) is 0 Å². The van der Waals surface area contributed by atoms with Crippen LogP contribution in [0.2, 0.25) is 15.1 Å². The number of piperidine rings is 1. The highest BCUT2D eigenvalue weighted by molar-refractivity contribution is 6.44. The van der Waals surface area contributed by atoms with E-state index < -0.39 is 0 Å². The summed E-state index contributed by atoms with van der Waals surface area (Å²) in [4.78, 5) is 19.3. The normalized spacial score (nSPS) is 17.5. The lowest BCUT2D eigenvalue weighted by Gasteiger charge is -2.33. The second kappa shape index (κ2) is 7.34. The van der Waals surface area contributed by atoms with Crippen LogP contribution in [0.3, 0.4) is 0 Å². The third-order valence-electron chi connectivity index (χ3n) is 4.92. The fourth-order valence-electron chi connectivity index (χ4n) is 3.45. The molecule has 2 aromatic carbocycles. The summed E-state index contributed by atoms with van der Waals surface area (Å²) in [6.45, 7) is 2.88. The zero-order chi connectivity index (χ0) is 19.1. The molecule has 1 atom stereocenters. The Labute approximate surface area is 172 Å². The van der Waals surface area contributed by atoms with E-state index in [-0.39, 0.29) is 11.9 Å². The highest BCUT2D eigenvalue weighted by atomic mass is 35.5. The first-order valence-corrected chi connectivity index (χ1v) is 9.94. The van der Waals surface area contributed by atoms with E-state index >= 15 is 0 Å². The van der Waals surface area contributed by atoms with Crippen LogP contribution in [0.1, 0.15) is 36.5 Å². The van der Waals surface area contributed by atoms with Gasteiger partial charge >= 0.3 is 0 Å². The molecule has 3 aromatic rings. The van der Waals surface area contributed by atoms with Gasteiger partial charge in [-0.3, -0.25) is 4.79 Å². The molecule has 0 spiro atoms.